The summed E-state index contributed by atoms with van der Waals surface area (Å²) in [6, 6.07) is 12.6. The van der Waals surface area contributed by atoms with E-state index >= 15 is 0 Å². The van der Waals surface area contributed by atoms with Gasteiger partial charge >= 0.3 is 0 Å². The molecule has 156 valence electrons. The van der Waals surface area contributed by atoms with Gasteiger partial charge in [-0.1, -0.05) is 18.2 Å². The molecular weight excluding hydrogens is 393 g/mol. The number of benzene rings is 2. The Balaban J connectivity index is 1.43. The van der Waals surface area contributed by atoms with Crippen molar-refractivity contribution >= 4 is 21.4 Å². The van der Waals surface area contributed by atoms with Crippen LogP contribution in [-0.4, -0.2) is 58.7 Å². The van der Waals surface area contributed by atoms with Gasteiger partial charge in [0.25, 0.3) is 0 Å². The summed E-state index contributed by atoms with van der Waals surface area (Å²) < 4.78 is 46.4. The Morgan fingerprint density at radius 3 is 2.69 bits per heavy atom. The number of sulfonamides is 1. The SMILES string of the molecule is O=S(=O)(c1cc(NCCN2CCCc3ccccc32)ccc1F)N1CCOCC1. The van der Waals surface area contributed by atoms with E-state index in [1.165, 1.54) is 27.7 Å². The fourth-order valence-electron chi connectivity index (χ4n) is 3.92. The lowest BCUT2D eigenvalue weighted by Gasteiger charge is -2.31. The average Bonchev–Trinajstić information content (AvgIpc) is 2.75. The minimum atomic E-state index is -3.87. The van der Waals surface area contributed by atoms with Crippen molar-refractivity contribution in [2.24, 2.45) is 0 Å². The van der Waals surface area contributed by atoms with E-state index in [0.717, 1.165) is 25.9 Å². The monoisotopic (exact) mass is 419 g/mol. The molecule has 0 saturated carbocycles. The number of hydrogen-bond donors (Lipinski definition) is 1. The molecule has 0 amide bonds. The van der Waals surface area contributed by atoms with Gasteiger partial charge in [0.2, 0.25) is 10.0 Å². The summed E-state index contributed by atoms with van der Waals surface area (Å²) in [5, 5.41) is 3.25. The highest BCUT2D eigenvalue weighted by atomic mass is 32.2. The number of morpholine rings is 1. The molecule has 2 aliphatic rings. The lowest BCUT2D eigenvalue weighted by Crippen LogP contribution is -2.40. The fourth-order valence-corrected chi connectivity index (χ4v) is 5.41. The van der Waals surface area contributed by atoms with E-state index in [1.807, 2.05) is 6.07 Å². The molecule has 1 saturated heterocycles. The third-order valence-corrected chi connectivity index (χ3v) is 7.35. The van der Waals surface area contributed by atoms with Gasteiger partial charge in [-0.25, -0.2) is 12.8 Å². The van der Waals surface area contributed by atoms with E-state index in [4.69, 9.17) is 4.74 Å². The topological polar surface area (TPSA) is 61.9 Å². The zero-order valence-electron chi connectivity index (χ0n) is 16.3. The van der Waals surface area contributed by atoms with E-state index in [-0.39, 0.29) is 18.0 Å². The molecular formula is C21H26FN3O3S. The first-order chi connectivity index (χ1) is 14.1. The number of anilines is 2. The highest BCUT2D eigenvalue weighted by Gasteiger charge is 2.29. The molecule has 0 bridgehead atoms. The zero-order valence-corrected chi connectivity index (χ0v) is 17.1. The second-order valence-electron chi connectivity index (χ2n) is 7.31. The predicted octanol–water partition coefficient (Wildman–Crippen LogP) is 2.71. The van der Waals surface area contributed by atoms with E-state index in [0.29, 0.717) is 25.4 Å². The molecule has 0 unspecified atom stereocenters. The Morgan fingerprint density at radius 2 is 1.86 bits per heavy atom. The van der Waals surface area contributed by atoms with Gasteiger partial charge in [-0.2, -0.15) is 4.31 Å². The van der Waals surface area contributed by atoms with Crippen LogP contribution in [0.2, 0.25) is 0 Å². The quantitative estimate of drug-likeness (QED) is 0.780. The van der Waals surface area contributed by atoms with Crippen molar-refractivity contribution in [2.75, 3.05) is 56.2 Å². The van der Waals surface area contributed by atoms with Crippen LogP contribution in [0.4, 0.5) is 15.8 Å². The van der Waals surface area contributed by atoms with Crippen LogP contribution in [0.5, 0.6) is 0 Å². The lowest BCUT2D eigenvalue weighted by molar-refractivity contribution is 0.0729. The third kappa shape index (κ3) is 4.39. The molecule has 2 aliphatic heterocycles. The molecule has 1 fully saturated rings. The van der Waals surface area contributed by atoms with Crippen molar-refractivity contribution in [3.05, 3.63) is 53.8 Å². The Hall–Kier alpha value is -2.16. The smallest absolute Gasteiger partial charge is 0.246 e. The molecule has 8 heteroatoms. The zero-order chi connectivity index (χ0) is 20.3. The predicted molar refractivity (Wildman–Crippen MR) is 111 cm³/mol. The van der Waals surface area contributed by atoms with Crippen molar-refractivity contribution in [1.82, 2.24) is 4.31 Å². The molecule has 2 aromatic rings. The van der Waals surface area contributed by atoms with E-state index in [9.17, 15) is 12.8 Å². The molecule has 1 N–H and O–H groups in total. The first-order valence-corrected chi connectivity index (χ1v) is 11.4. The molecule has 0 atom stereocenters. The van der Waals surface area contributed by atoms with Gasteiger partial charge in [-0.3, -0.25) is 0 Å². The lowest BCUT2D eigenvalue weighted by atomic mass is 10.0. The number of aryl methyl sites for hydroxylation is 1. The molecule has 0 spiro atoms. The number of halogens is 1. The highest BCUT2D eigenvalue weighted by molar-refractivity contribution is 7.89. The summed E-state index contributed by atoms with van der Waals surface area (Å²) in [5.41, 5.74) is 3.22. The summed E-state index contributed by atoms with van der Waals surface area (Å²) in [5.74, 6) is -0.730. The molecule has 2 heterocycles. The number of nitrogens with one attached hydrogen (secondary N) is 1. The van der Waals surface area contributed by atoms with Crippen LogP contribution in [0.15, 0.2) is 47.4 Å². The Bertz CT molecular complexity index is 961. The van der Waals surface area contributed by atoms with Gasteiger partial charge in [0.15, 0.2) is 0 Å². The number of nitrogens with zero attached hydrogens (tertiary/aromatic N) is 2. The molecule has 0 aromatic heterocycles. The van der Waals surface area contributed by atoms with E-state index < -0.39 is 15.8 Å². The van der Waals surface area contributed by atoms with Crippen molar-refractivity contribution in [2.45, 2.75) is 17.7 Å². The average molecular weight is 420 g/mol. The van der Waals surface area contributed by atoms with Crippen LogP contribution in [0.1, 0.15) is 12.0 Å². The molecule has 4 rings (SSSR count). The van der Waals surface area contributed by atoms with Crippen molar-refractivity contribution in [1.29, 1.82) is 0 Å². The first-order valence-electron chi connectivity index (χ1n) is 10.00. The summed E-state index contributed by atoms with van der Waals surface area (Å²) in [7, 11) is -3.87. The Morgan fingerprint density at radius 1 is 1.07 bits per heavy atom. The maximum atomic E-state index is 14.3. The standard InChI is InChI=1S/C21H26FN3O3S/c22-19-8-7-18(16-21(19)29(26,27)25-12-14-28-15-13-25)23-9-11-24-10-3-5-17-4-1-2-6-20(17)24/h1-2,4,6-8,16,23H,3,5,9-15H2. The minimum Gasteiger partial charge on any atom is -0.383 e. The number of ether oxygens (including phenoxy) is 1. The maximum Gasteiger partial charge on any atom is 0.246 e. The first kappa shape index (κ1) is 20.1. The molecule has 29 heavy (non-hydrogen) atoms. The maximum absolute atomic E-state index is 14.3. The summed E-state index contributed by atoms with van der Waals surface area (Å²) >= 11 is 0. The van der Waals surface area contributed by atoms with Gasteiger partial charge in [-0.15, -0.1) is 0 Å². The van der Waals surface area contributed by atoms with Gasteiger partial charge in [-0.05, 0) is 42.7 Å². The van der Waals surface area contributed by atoms with E-state index in [1.54, 1.807) is 6.07 Å². The van der Waals surface area contributed by atoms with E-state index in [2.05, 4.69) is 28.4 Å². The second-order valence-corrected chi connectivity index (χ2v) is 9.21. The number of rotatable bonds is 6. The molecule has 6 nitrogen and oxygen atoms in total. The van der Waals surface area contributed by atoms with Crippen LogP contribution < -0.4 is 10.2 Å². The number of hydrogen-bond acceptors (Lipinski definition) is 5. The van der Waals surface area contributed by atoms with Crippen molar-refractivity contribution < 1.29 is 17.5 Å². The van der Waals surface area contributed by atoms with Gasteiger partial charge in [0.1, 0.15) is 10.7 Å². The van der Waals surface area contributed by atoms with Crippen LogP contribution in [0, 0.1) is 5.82 Å². The minimum absolute atomic E-state index is 0.244. The largest absolute Gasteiger partial charge is 0.383 e. The Kier molecular flexibility index (Phi) is 6.03. The fraction of sp³-hybridized carbons (Fsp3) is 0.429. The number of fused-ring (bicyclic) bond motifs is 1. The van der Waals surface area contributed by atoms with Crippen LogP contribution in [0.25, 0.3) is 0 Å². The van der Waals surface area contributed by atoms with Crippen molar-refractivity contribution in [3.8, 4) is 0 Å². The molecule has 0 aliphatic carbocycles. The van der Waals surface area contributed by atoms with Gasteiger partial charge in [0.05, 0.1) is 13.2 Å². The highest BCUT2D eigenvalue weighted by Crippen LogP contribution is 2.27. The Labute approximate surface area is 171 Å². The van der Waals surface area contributed by atoms with Gasteiger partial charge < -0.3 is 15.0 Å². The van der Waals surface area contributed by atoms with Gasteiger partial charge in [0, 0.05) is 44.1 Å². The third-order valence-electron chi connectivity index (χ3n) is 5.44. The molecule has 2 aromatic carbocycles. The van der Waals surface area contributed by atoms with Crippen LogP contribution in [0.3, 0.4) is 0 Å². The second kappa shape index (κ2) is 8.69. The number of para-hydroxylation sites is 1. The van der Waals surface area contributed by atoms with Crippen LogP contribution >= 0.6 is 0 Å². The van der Waals surface area contributed by atoms with Crippen molar-refractivity contribution in [3.63, 3.8) is 0 Å². The van der Waals surface area contributed by atoms with Crippen LogP contribution in [-0.2, 0) is 21.2 Å². The summed E-state index contributed by atoms with van der Waals surface area (Å²) in [4.78, 5) is 2.05. The molecule has 0 radical (unpaired) electrons. The normalized spacial score (nSPS) is 17.8. The summed E-state index contributed by atoms with van der Waals surface area (Å²) in [6.45, 7) is 3.57. The summed E-state index contributed by atoms with van der Waals surface area (Å²) in [6.07, 6.45) is 2.22.